The molecule has 0 unspecified atom stereocenters. The highest BCUT2D eigenvalue weighted by atomic mass is 16.5. The van der Waals surface area contributed by atoms with E-state index in [9.17, 15) is 0 Å². The lowest BCUT2D eigenvalue weighted by atomic mass is 10.1. The molecule has 0 amide bonds. The Morgan fingerprint density at radius 2 is 1.96 bits per heavy atom. The predicted octanol–water partition coefficient (Wildman–Crippen LogP) is 2.71. The molecule has 1 aromatic carbocycles. The van der Waals surface area contributed by atoms with Crippen LogP contribution in [0.25, 0.3) is 0 Å². The van der Waals surface area contributed by atoms with Crippen molar-refractivity contribution in [1.29, 1.82) is 0 Å². The number of rotatable bonds is 8. The number of guanidine groups is 1. The predicted molar refractivity (Wildman–Crippen MR) is 102 cm³/mol. The fourth-order valence-electron chi connectivity index (χ4n) is 2.34. The molecule has 0 aliphatic heterocycles. The van der Waals surface area contributed by atoms with Crippen LogP contribution in [0, 0.1) is 5.92 Å². The Morgan fingerprint density at radius 3 is 2.64 bits per heavy atom. The number of nitrogens with one attached hydrogen (secondary N) is 2. The number of benzene rings is 1. The van der Waals surface area contributed by atoms with Gasteiger partial charge < -0.3 is 15.4 Å². The molecule has 0 aliphatic rings. The quantitative estimate of drug-likeness (QED) is 0.571. The van der Waals surface area contributed by atoms with Crippen LogP contribution in [0.1, 0.15) is 31.5 Å². The van der Waals surface area contributed by atoms with Gasteiger partial charge in [-0.1, -0.05) is 32.0 Å². The van der Waals surface area contributed by atoms with Gasteiger partial charge in [-0.3, -0.25) is 9.67 Å². The summed E-state index contributed by atoms with van der Waals surface area (Å²) in [6.45, 7) is 6.47. The van der Waals surface area contributed by atoms with E-state index in [0.29, 0.717) is 19.0 Å². The molecule has 2 rings (SSSR count). The molecule has 6 nitrogen and oxygen atoms in total. The number of nitrogens with zero attached hydrogens (tertiary/aromatic N) is 3. The highest BCUT2D eigenvalue weighted by Crippen LogP contribution is 2.18. The van der Waals surface area contributed by atoms with Crippen molar-refractivity contribution in [1.82, 2.24) is 20.4 Å². The molecule has 0 saturated carbocycles. The largest absolute Gasteiger partial charge is 0.493 e. The molecular formula is C19H29N5O. The summed E-state index contributed by atoms with van der Waals surface area (Å²) in [5.74, 6) is 2.32. The van der Waals surface area contributed by atoms with E-state index in [1.165, 1.54) is 0 Å². The molecule has 6 heteroatoms. The van der Waals surface area contributed by atoms with Crippen molar-refractivity contribution in [3.8, 4) is 5.75 Å². The monoisotopic (exact) mass is 343 g/mol. The average molecular weight is 343 g/mol. The first-order chi connectivity index (χ1) is 12.1. The third-order valence-electron chi connectivity index (χ3n) is 3.95. The zero-order chi connectivity index (χ0) is 18.1. The van der Waals surface area contributed by atoms with Crippen molar-refractivity contribution in [3.63, 3.8) is 0 Å². The molecule has 2 N–H and O–H groups in total. The van der Waals surface area contributed by atoms with Gasteiger partial charge in [-0.2, -0.15) is 5.10 Å². The van der Waals surface area contributed by atoms with Gasteiger partial charge in [0.15, 0.2) is 5.96 Å². The van der Waals surface area contributed by atoms with E-state index in [1.54, 1.807) is 13.2 Å². The molecule has 0 radical (unpaired) electrons. The van der Waals surface area contributed by atoms with Gasteiger partial charge in [0, 0.05) is 32.4 Å². The Labute approximate surface area is 150 Å². The minimum Gasteiger partial charge on any atom is -0.493 e. The van der Waals surface area contributed by atoms with Crippen LogP contribution in [0.4, 0.5) is 0 Å². The van der Waals surface area contributed by atoms with Crippen LogP contribution in [0.3, 0.4) is 0 Å². The average Bonchev–Trinajstić information content (AvgIpc) is 3.01. The van der Waals surface area contributed by atoms with Crippen molar-refractivity contribution in [3.05, 3.63) is 47.8 Å². The van der Waals surface area contributed by atoms with Crippen LogP contribution in [0.15, 0.2) is 41.5 Å². The fraction of sp³-hybridized carbons (Fsp3) is 0.474. The zero-order valence-corrected chi connectivity index (χ0v) is 15.6. The van der Waals surface area contributed by atoms with Crippen LogP contribution in [-0.2, 0) is 20.1 Å². The molecule has 1 heterocycles. The number of aromatic nitrogens is 2. The van der Waals surface area contributed by atoms with Gasteiger partial charge >= 0.3 is 0 Å². The molecule has 0 spiro atoms. The Morgan fingerprint density at radius 1 is 1.20 bits per heavy atom. The minimum absolute atomic E-state index is 0.639. The standard InChI is InChI=1S/C19H29N5O/c1-15(2)10-12-25-18-8-6-5-7-16(18)13-21-19(20-3)22-14-17-9-11-23-24(17)4/h5-9,11,15H,10,12-14H2,1-4H3,(H2,20,21,22). The summed E-state index contributed by atoms with van der Waals surface area (Å²) in [6.07, 6.45) is 2.84. The van der Waals surface area contributed by atoms with Gasteiger partial charge in [0.2, 0.25) is 0 Å². The van der Waals surface area contributed by atoms with E-state index in [1.807, 2.05) is 36.0 Å². The lowest BCUT2D eigenvalue weighted by molar-refractivity contribution is 0.286. The van der Waals surface area contributed by atoms with Gasteiger partial charge in [0.25, 0.3) is 0 Å². The maximum atomic E-state index is 5.94. The fourth-order valence-corrected chi connectivity index (χ4v) is 2.34. The lowest BCUT2D eigenvalue weighted by Gasteiger charge is -2.15. The Bertz CT molecular complexity index is 678. The maximum Gasteiger partial charge on any atom is 0.191 e. The summed E-state index contributed by atoms with van der Waals surface area (Å²) >= 11 is 0. The molecule has 2 aromatic rings. The molecule has 0 bridgehead atoms. The van der Waals surface area contributed by atoms with E-state index < -0.39 is 0 Å². The van der Waals surface area contributed by atoms with E-state index in [2.05, 4.69) is 40.6 Å². The smallest absolute Gasteiger partial charge is 0.191 e. The summed E-state index contributed by atoms with van der Waals surface area (Å²) in [5, 5.41) is 10.8. The molecule has 0 saturated heterocycles. The molecule has 25 heavy (non-hydrogen) atoms. The second kappa shape index (κ2) is 9.71. The highest BCUT2D eigenvalue weighted by molar-refractivity contribution is 5.79. The highest BCUT2D eigenvalue weighted by Gasteiger charge is 2.06. The van der Waals surface area contributed by atoms with Crippen LogP contribution in [0.2, 0.25) is 0 Å². The van der Waals surface area contributed by atoms with Crippen molar-refractivity contribution in [2.24, 2.45) is 18.0 Å². The Hall–Kier alpha value is -2.50. The SMILES string of the molecule is CN=C(NCc1ccccc1OCCC(C)C)NCc1ccnn1C. The molecule has 136 valence electrons. The second-order valence-electron chi connectivity index (χ2n) is 6.36. The van der Waals surface area contributed by atoms with Gasteiger partial charge in [0.1, 0.15) is 5.75 Å². The number of hydrogen-bond acceptors (Lipinski definition) is 3. The number of ether oxygens (including phenoxy) is 1. The van der Waals surface area contributed by atoms with Crippen molar-refractivity contribution >= 4 is 5.96 Å². The van der Waals surface area contributed by atoms with Crippen molar-refractivity contribution < 1.29 is 4.74 Å². The first-order valence-electron chi connectivity index (χ1n) is 8.72. The maximum absolute atomic E-state index is 5.94. The van der Waals surface area contributed by atoms with Crippen LogP contribution in [0.5, 0.6) is 5.75 Å². The first-order valence-corrected chi connectivity index (χ1v) is 8.72. The number of para-hydroxylation sites is 1. The van der Waals surface area contributed by atoms with Crippen LogP contribution in [-0.4, -0.2) is 29.4 Å². The van der Waals surface area contributed by atoms with Gasteiger partial charge in [-0.05, 0) is 24.5 Å². The van der Waals surface area contributed by atoms with Crippen molar-refractivity contribution in [2.75, 3.05) is 13.7 Å². The van der Waals surface area contributed by atoms with Gasteiger partial charge in [0.05, 0.1) is 18.8 Å². The lowest BCUT2D eigenvalue weighted by Crippen LogP contribution is -2.36. The molecule has 0 atom stereocenters. The summed E-state index contributed by atoms with van der Waals surface area (Å²) < 4.78 is 7.78. The first kappa shape index (κ1) is 18.8. The number of aryl methyl sites for hydroxylation is 1. The molecule has 0 fully saturated rings. The third kappa shape index (κ3) is 6.14. The zero-order valence-electron chi connectivity index (χ0n) is 15.6. The summed E-state index contributed by atoms with van der Waals surface area (Å²) in [4.78, 5) is 4.27. The molecule has 0 aliphatic carbocycles. The summed E-state index contributed by atoms with van der Waals surface area (Å²) in [6, 6.07) is 10.1. The minimum atomic E-state index is 0.639. The van der Waals surface area contributed by atoms with E-state index in [-0.39, 0.29) is 0 Å². The normalized spacial score (nSPS) is 11.6. The molecular weight excluding hydrogens is 314 g/mol. The molecule has 1 aromatic heterocycles. The van der Waals surface area contributed by atoms with E-state index in [0.717, 1.165) is 36.0 Å². The summed E-state index contributed by atoms with van der Waals surface area (Å²) in [7, 11) is 3.70. The van der Waals surface area contributed by atoms with Crippen molar-refractivity contribution in [2.45, 2.75) is 33.4 Å². The van der Waals surface area contributed by atoms with Crippen LogP contribution >= 0.6 is 0 Å². The van der Waals surface area contributed by atoms with Gasteiger partial charge in [-0.25, -0.2) is 0 Å². The van der Waals surface area contributed by atoms with E-state index >= 15 is 0 Å². The Kier molecular flexibility index (Phi) is 7.32. The second-order valence-corrected chi connectivity index (χ2v) is 6.36. The summed E-state index contributed by atoms with van der Waals surface area (Å²) in [5.41, 5.74) is 2.22. The van der Waals surface area contributed by atoms with E-state index in [4.69, 9.17) is 4.74 Å². The van der Waals surface area contributed by atoms with Gasteiger partial charge in [-0.15, -0.1) is 0 Å². The number of aliphatic imine (C=N–C) groups is 1. The van der Waals surface area contributed by atoms with Crippen LogP contribution < -0.4 is 15.4 Å². The Balaban J connectivity index is 1.87. The number of hydrogen-bond donors (Lipinski definition) is 2. The topological polar surface area (TPSA) is 63.5 Å². The third-order valence-corrected chi connectivity index (χ3v) is 3.95.